The molecular weight excluding hydrogens is 266 g/mol. The fraction of sp³-hybridized carbons (Fsp3) is 0.333. The molecule has 0 radical (unpaired) electrons. The minimum absolute atomic E-state index is 0.455. The van der Waals surface area contributed by atoms with E-state index in [1.165, 1.54) is 22.3 Å². The van der Waals surface area contributed by atoms with Gasteiger partial charge in [0.15, 0.2) is 0 Å². The number of benzene rings is 2. The number of hydrogen-bond donors (Lipinski definition) is 1. The molecule has 2 aromatic carbocycles. The van der Waals surface area contributed by atoms with E-state index in [1.807, 2.05) is 6.07 Å². The highest BCUT2D eigenvalue weighted by Gasteiger charge is 2.06. The van der Waals surface area contributed by atoms with Crippen LogP contribution in [0.5, 0.6) is 0 Å². The van der Waals surface area contributed by atoms with E-state index in [4.69, 9.17) is 11.6 Å². The lowest BCUT2D eigenvalue weighted by Gasteiger charge is -2.12. The molecule has 0 unspecified atom stereocenters. The van der Waals surface area contributed by atoms with Crippen LogP contribution in [0.3, 0.4) is 0 Å². The Labute approximate surface area is 127 Å². The van der Waals surface area contributed by atoms with E-state index < -0.39 is 0 Å². The van der Waals surface area contributed by atoms with E-state index in [1.54, 1.807) is 0 Å². The Bertz CT molecular complexity index is 582. The van der Waals surface area contributed by atoms with Crippen molar-refractivity contribution >= 4 is 11.6 Å². The Kier molecular flexibility index (Phi) is 4.85. The van der Waals surface area contributed by atoms with Crippen molar-refractivity contribution in [1.82, 2.24) is 5.32 Å². The fourth-order valence-corrected chi connectivity index (χ4v) is 2.53. The highest BCUT2D eigenvalue weighted by molar-refractivity contribution is 6.31. The van der Waals surface area contributed by atoms with E-state index in [0.717, 1.165) is 17.1 Å². The zero-order chi connectivity index (χ0) is 14.7. The summed E-state index contributed by atoms with van der Waals surface area (Å²) in [6, 6.07) is 13.4. The van der Waals surface area contributed by atoms with E-state index in [9.17, 15) is 0 Å². The first-order valence-corrected chi connectivity index (χ1v) is 7.44. The van der Waals surface area contributed by atoms with Crippen LogP contribution in [0.2, 0.25) is 5.02 Å². The molecule has 2 aromatic rings. The second kappa shape index (κ2) is 6.43. The molecular formula is C18H22ClN. The maximum atomic E-state index is 6.29. The Morgan fingerprint density at radius 2 is 1.60 bits per heavy atom. The van der Waals surface area contributed by atoms with Gasteiger partial charge in [0, 0.05) is 17.6 Å². The van der Waals surface area contributed by atoms with E-state index in [0.29, 0.717) is 6.04 Å². The summed E-state index contributed by atoms with van der Waals surface area (Å²) >= 11 is 6.29. The number of rotatable bonds is 4. The first-order valence-electron chi connectivity index (χ1n) is 7.06. The van der Waals surface area contributed by atoms with Gasteiger partial charge in [-0.3, -0.25) is 0 Å². The fourth-order valence-electron chi connectivity index (χ4n) is 2.35. The summed E-state index contributed by atoms with van der Waals surface area (Å²) in [4.78, 5) is 0. The summed E-state index contributed by atoms with van der Waals surface area (Å²) < 4.78 is 0. The lowest BCUT2D eigenvalue weighted by Crippen LogP contribution is -2.21. The molecule has 2 rings (SSSR count). The quantitative estimate of drug-likeness (QED) is 0.823. The minimum atomic E-state index is 0.455. The molecule has 1 nitrogen and oxygen atoms in total. The van der Waals surface area contributed by atoms with Gasteiger partial charge in [-0.25, -0.2) is 0 Å². The van der Waals surface area contributed by atoms with Gasteiger partial charge in [0.1, 0.15) is 0 Å². The predicted octanol–water partition coefficient (Wildman–Crippen LogP) is 5.12. The molecule has 0 saturated carbocycles. The molecule has 0 aliphatic carbocycles. The van der Waals surface area contributed by atoms with Crippen molar-refractivity contribution in [2.24, 2.45) is 0 Å². The summed E-state index contributed by atoms with van der Waals surface area (Å²) in [5.41, 5.74) is 6.21. The maximum Gasteiger partial charge on any atom is 0.0451 e. The van der Waals surface area contributed by atoms with Crippen LogP contribution in [-0.4, -0.2) is 6.04 Å². The van der Waals surface area contributed by atoms with Crippen LogP contribution in [0, 0.1) is 13.8 Å². The molecule has 106 valence electrons. The Hall–Kier alpha value is -1.31. The average Bonchev–Trinajstić information content (AvgIpc) is 2.36. The predicted molar refractivity (Wildman–Crippen MR) is 88.3 cm³/mol. The largest absolute Gasteiger partial charge is 0.310 e. The number of hydrogen-bond acceptors (Lipinski definition) is 1. The number of nitrogens with one attached hydrogen (secondary N) is 1. The average molecular weight is 288 g/mol. The molecule has 0 aromatic heterocycles. The summed E-state index contributed by atoms with van der Waals surface area (Å²) in [6.07, 6.45) is 0. The second-order valence-corrected chi connectivity index (χ2v) is 6.13. The zero-order valence-electron chi connectivity index (χ0n) is 12.6. The zero-order valence-corrected chi connectivity index (χ0v) is 13.4. The molecule has 1 N–H and O–H groups in total. The van der Waals surface area contributed by atoms with Crippen LogP contribution in [0.1, 0.15) is 30.5 Å². The first-order chi connectivity index (χ1) is 9.45. The van der Waals surface area contributed by atoms with Crippen molar-refractivity contribution in [2.45, 2.75) is 40.3 Å². The standard InChI is InChI=1S/C18H22ClN/c1-12(2)20-11-17-10-15(5-6-18(17)19)16-8-13(3)7-14(4)9-16/h5-10,12,20H,11H2,1-4H3. The molecule has 2 heteroatoms. The minimum Gasteiger partial charge on any atom is -0.310 e. The van der Waals surface area contributed by atoms with E-state index in [-0.39, 0.29) is 0 Å². The Morgan fingerprint density at radius 3 is 2.20 bits per heavy atom. The van der Waals surface area contributed by atoms with Crippen LogP contribution in [0.25, 0.3) is 11.1 Å². The molecule has 0 fully saturated rings. The Balaban J connectivity index is 2.35. The van der Waals surface area contributed by atoms with Gasteiger partial charge in [0.2, 0.25) is 0 Å². The van der Waals surface area contributed by atoms with Crippen molar-refractivity contribution in [1.29, 1.82) is 0 Å². The molecule has 0 amide bonds. The highest BCUT2D eigenvalue weighted by Crippen LogP contribution is 2.27. The van der Waals surface area contributed by atoms with E-state index >= 15 is 0 Å². The van der Waals surface area contributed by atoms with Crippen LogP contribution in [0.4, 0.5) is 0 Å². The monoisotopic (exact) mass is 287 g/mol. The second-order valence-electron chi connectivity index (χ2n) is 5.72. The molecule has 0 aliphatic rings. The summed E-state index contributed by atoms with van der Waals surface area (Å²) in [5.74, 6) is 0. The van der Waals surface area contributed by atoms with Crippen LogP contribution in [-0.2, 0) is 6.54 Å². The molecule has 0 atom stereocenters. The smallest absolute Gasteiger partial charge is 0.0451 e. The molecule has 20 heavy (non-hydrogen) atoms. The van der Waals surface area contributed by atoms with Crippen molar-refractivity contribution in [3.8, 4) is 11.1 Å². The van der Waals surface area contributed by atoms with Gasteiger partial charge in [0.05, 0.1) is 0 Å². The van der Waals surface area contributed by atoms with Gasteiger partial charge in [0.25, 0.3) is 0 Å². The molecule has 0 spiro atoms. The van der Waals surface area contributed by atoms with Crippen LogP contribution in [0.15, 0.2) is 36.4 Å². The Morgan fingerprint density at radius 1 is 0.950 bits per heavy atom. The summed E-state index contributed by atoms with van der Waals surface area (Å²) in [6.45, 7) is 9.35. The number of halogens is 1. The van der Waals surface area contributed by atoms with Crippen molar-refractivity contribution < 1.29 is 0 Å². The van der Waals surface area contributed by atoms with Crippen molar-refractivity contribution in [3.63, 3.8) is 0 Å². The molecule has 0 heterocycles. The first kappa shape index (κ1) is 15.1. The highest BCUT2D eigenvalue weighted by atomic mass is 35.5. The SMILES string of the molecule is Cc1cc(C)cc(-c2ccc(Cl)c(CNC(C)C)c2)c1. The van der Waals surface area contributed by atoms with E-state index in [2.05, 4.69) is 63.3 Å². The normalized spacial score (nSPS) is 11.1. The summed E-state index contributed by atoms with van der Waals surface area (Å²) in [7, 11) is 0. The molecule has 0 saturated heterocycles. The molecule has 0 aliphatic heterocycles. The van der Waals surface area contributed by atoms with Gasteiger partial charge >= 0.3 is 0 Å². The lowest BCUT2D eigenvalue weighted by atomic mass is 9.99. The van der Waals surface area contributed by atoms with Crippen molar-refractivity contribution in [2.75, 3.05) is 0 Å². The van der Waals surface area contributed by atoms with Crippen LogP contribution >= 0.6 is 11.6 Å². The maximum absolute atomic E-state index is 6.29. The summed E-state index contributed by atoms with van der Waals surface area (Å²) in [5, 5.41) is 4.24. The van der Waals surface area contributed by atoms with Crippen LogP contribution < -0.4 is 5.32 Å². The van der Waals surface area contributed by atoms with Gasteiger partial charge in [-0.15, -0.1) is 0 Å². The number of aryl methyl sites for hydroxylation is 2. The molecule has 0 bridgehead atoms. The van der Waals surface area contributed by atoms with Gasteiger partial charge in [-0.05, 0) is 42.7 Å². The van der Waals surface area contributed by atoms with Gasteiger partial charge < -0.3 is 5.32 Å². The third-order valence-corrected chi connectivity index (χ3v) is 3.67. The lowest BCUT2D eigenvalue weighted by molar-refractivity contribution is 0.589. The third kappa shape index (κ3) is 3.84. The van der Waals surface area contributed by atoms with Crippen molar-refractivity contribution in [3.05, 3.63) is 58.1 Å². The van der Waals surface area contributed by atoms with Gasteiger partial charge in [-0.2, -0.15) is 0 Å². The third-order valence-electron chi connectivity index (χ3n) is 3.30. The topological polar surface area (TPSA) is 12.0 Å². The van der Waals surface area contributed by atoms with Gasteiger partial charge in [-0.1, -0.05) is 60.8 Å².